The zero-order chi connectivity index (χ0) is 24.8. The molecule has 0 radical (unpaired) electrons. The zero-order valence-corrected chi connectivity index (χ0v) is 19.4. The molecule has 0 spiro atoms. The van der Waals surface area contributed by atoms with Gasteiger partial charge in [-0.2, -0.15) is 5.01 Å². The Hall–Kier alpha value is -4.18. The SMILES string of the molecule is COc1ccc(NC(=O)[C@H]2CC(=O)N(NC(=O)c3ccccc3)C(=Nc3ccc(F)cc3)S2)cc1. The van der Waals surface area contributed by atoms with Gasteiger partial charge in [0.05, 0.1) is 19.2 Å². The summed E-state index contributed by atoms with van der Waals surface area (Å²) in [7, 11) is 1.54. The molecular weight excluding hydrogens is 471 g/mol. The van der Waals surface area contributed by atoms with Crippen LogP contribution in [0.5, 0.6) is 5.75 Å². The summed E-state index contributed by atoms with van der Waals surface area (Å²) in [6.45, 7) is 0. The number of benzene rings is 3. The Balaban J connectivity index is 1.57. The molecule has 1 fully saturated rings. The average Bonchev–Trinajstić information content (AvgIpc) is 2.88. The van der Waals surface area contributed by atoms with Crippen LogP contribution in [0, 0.1) is 5.82 Å². The summed E-state index contributed by atoms with van der Waals surface area (Å²) >= 11 is 1.02. The van der Waals surface area contributed by atoms with Crippen molar-refractivity contribution in [2.75, 3.05) is 12.4 Å². The number of halogens is 1. The van der Waals surface area contributed by atoms with Crippen LogP contribution < -0.4 is 15.5 Å². The van der Waals surface area contributed by atoms with Crippen molar-refractivity contribution in [3.05, 3.63) is 90.2 Å². The quantitative estimate of drug-likeness (QED) is 0.539. The molecule has 10 heteroatoms. The highest BCUT2D eigenvalue weighted by molar-refractivity contribution is 8.15. The molecular formula is C25H21FN4O4S. The van der Waals surface area contributed by atoms with Crippen molar-refractivity contribution in [2.45, 2.75) is 11.7 Å². The van der Waals surface area contributed by atoms with Gasteiger partial charge in [0.1, 0.15) is 16.8 Å². The van der Waals surface area contributed by atoms with Gasteiger partial charge in [-0.3, -0.25) is 19.8 Å². The largest absolute Gasteiger partial charge is 0.497 e. The van der Waals surface area contributed by atoms with Crippen LogP contribution in [-0.2, 0) is 9.59 Å². The Morgan fingerprint density at radius 3 is 2.37 bits per heavy atom. The first-order valence-electron chi connectivity index (χ1n) is 10.6. The summed E-state index contributed by atoms with van der Waals surface area (Å²) in [5.41, 5.74) is 3.82. The summed E-state index contributed by atoms with van der Waals surface area (Å²) in [4.78, 5) is 43.1. The number of ether oxygens (including phenoxy) is 1. The number of hydrogen-bond acceptors (Lipinski definition) is 6. The van der Waals surface area contributed by atoms with Crippen LogP contribution in [0.1, 0.15) is 16.8 Å². The molecule has 0 bridgehead atoms. The fourth-order valence-electron chi connectivity index (χ4n) is 3.19. The predicted molar refractivity (Wildman–Crippen MR) is 132 cm³/mol. The Bertz CT molecular complexity index is 1250. The maximum Gasteiger partial charge on any atom is 0.270 e. The van der Waals surface area contributed by atoms with Crippen molar-refractivity contribution < 1.29 is 23.5 Å². The molecule has 0 aromatic heterocycles. The lowest BCUT2D eigenvalue weighted by Crippen LogP contribution is -2.53. The summed E-state index contributed by atoms with van der Waals surface area (Å²) in [5, 5.41) is 3.10. The maximum atomic E-state index is 13.4. The fraction of sp³-hybridized carbons (Fsp3) is 0.120. The van der Waals surface area contributed by atoms with Gasteiger partial charge in [-0.1, -0.05) is 30.0 Å². The van der Waals surface area contributed by atoms with Gasteiger partial charge in [0.2, 0.25) is 11.8 Å². The fourth-order valence-corrected chi connectivity index (χ4v) is 4.25. The van der Waals surface area contributed by atoms with Crippen molar-refractivity contribution in [1.29, 1.82) is 0 Å². The maximum absolute atomic E-state index is 13.4. The second-order valence-corrected chi connectivity index (χ2v) is 8.61. The second-order valence-electron chi connectivity index (χ2n) is 7.44. The van der Waals surface area contributed by atoms with Crippen LogP contribution in [0.4, 0.5) is 15.8 Å². The number of aliphatic imine (C=N–C) groups is 1. The standard InChI is InChI=1S/C25H21FN4O4S/c1-34-20-13-11-18(12-14-20)27-24(33)21-15-22(31)30(29-23(32)16-5-3-2-4-6-16)25(35-21)28-19-9-7-17(26)8-10-19/h2-14,21H,15H2,1H3,(H,27,33)(H,29,32)/t21-/m1/s1. The van der Waals surface area contributed by atoms with Crippen LogP contribution in [0.3, 0.4) is 0 Å². The molecule has 3 amide bonds. The number of nitrogens with zero attached hydrogens (tertiary/aromatic N) is 2. The summed E-state index contributed by atoms with van der Waals surface area (Å²) < 4.78 is 18.5. The number of amidine groups is 1. The van der Waals surface area contributed by atoms with Gasteiger partial charge in [0.15, 0.2) is 5.17 Å². The molecule has 1 aliphatic rings. The Morgan fingerprint density at radius 2 is 1.71 bits per heavy atom. The molecule has 1 aliphatic heterocycles. The number of carbonyl (C=O) groups excluding carboxylic acids is 3. The lowest BCUT2D eigenvalue weighted by Gasteiger charge is -2.31. The zero-order valence-electron chi connectivity index (χ0n) is 18.6. The minimum absolute atomic E-state index is 0.0898. The average molecular weight is 493 g/mol. The molecule has 1 atom stereocenters. The van der Waals surface area contributed by atoms with Crippen molar-refractivity contribution >= 4 is 46.0 Å². The van der Waals surface area contributed by atoms with E-state index in [0.29, 0.717) is 22.7 Å². The number of thioether (sulfide) groups is 1. The molecule has 35 heavy (non-hydrogen) atoms. The van der Waals surface area contributed by atoms with E-state index in [9.17, 15) is 18.8 Å². The molecule has 3 aromatic carbocycles. The van der Waals surface area contributed by atoms with Crippen molar-refractivity contribution in [1.82, 2.24) is 10.4 Å². The molecule has 1 heterocycles. The van der Waals surface area contributed by atoms with E-state index in [1.807, 2.05) is 0 Å². The third kappa shape index (κ3) is 6.04. The molecule has 3 aromatic rings. The van der Waals surface area contributed by atoms with E-state index in [1.165, 1.54) is 24.3 Å². The number of carbonyl (C=O) groups is 3. The highest BCUT2D eigenvalue weighted by atomic mass is 32.2. The van der Waals surface area contributed by atoms with Crippen LogP contribution in [0.2, 0.25) is 0 Å². The molecule has 0 saturated carbocycles. The predicted octanol–water partition coefficient (Wildman–Crippen LogP) is 4.14. The molecule has 8 nitrogen and oxygen atoms in total. The van der Waals surface area contributed by atoms with Crippen LogP contribution >= 0.6 is 11.8 Å². The van der Waals surface area contributed by atoms with Crippen molar-refractivity contribution in [3.8, 4) is 5.75 Å². The van der Waals surface area contributed by atoms with E-state index in [4.69, 9.17) is 4.74 Å². The number of hydrogen-bond donors (Lipinski definition) is 2. The van der Waals surface area contributed by atoms with E-state index in [2.05, 4.69) is 15.7 Å². The van der Waals surface area contributed by atoms with Gasteiger partial charge in [-0.25, -0.2) is 9.38 Å². The second kappa shape index (κ2) is 10.8. The Labute approximate surface area is 205 Å². The van der Waals surface area contributed by atoms with Gasteiger partial charge in [0.25, 0.3) is 5.91 Å². The highest BCUT2D eigenvalue weighted by Crippen LogP contribution is 2.29. The summed E-state index contributed by atoms with van der Waals surface area (Å²) in [6, 6.07) is 20.5. The monoisotopic (exact) mass is 492 g/mol. The Morgan fingerprint density at radius 1 is 1.03 bits per heavy atom. The van der Waals surface area contributed by atoms with Crippen LogP contribution in [0.15, 0.2) is 83.9 Å². The van der Waals surface area contributed by atoms with Crippen molar-refractivity contribution in [2.24, 2.45) is 4.99 Å². The first-order valence-corrected chi connectivity index (χ1v) is 11.5. The first-order chi connectivity index (χ1) is 16.9. The molecule has 0 unspecified atom stereocenters. The van der Waals surface area contributed by atoms with Gasteiger partial charge >= 0.3 is 0 Å². The molecule has 1 saturated heterocycles. The summed E-state index contributed by atoms with van der Waals surface area (Å²) in [6.07, 6.45) is -0.163. The number of methoxy groups -OCH3 is 1. The summed E-state index contributed by atoms with van der Waals surface area (Å²) in [5.74, 6) is -1.21. The first kappa shape index (κ1) is 24.0. The van der Waals surface area contributed by atoms with Crippen LogP contribution in [-0.4, -0.2) is 40.3 Å². The number of nitrogens with one attached hydrogen (secondary N) is 2. The number of amides is 3. The third-order valence-electron chi connectivity index (χ3n) is 5.00. The van der Waals surface area contributed by atoms with E-state index >= 15 is 0 Å². The van der Waals surface area contributed by atoms with Gasteiger partial charge in [0, 0.05) is 11.3 Å². The molecule has 0 aliphatic carbocycles. The number of rotatable bonds is 6. The van der Waals surface area contributed by atoms with Crippen LogP contribution in [0.25, 0.3) is 0 Å². The number of anilines is 1. The van der Waals surface area contributed by atoms with Gasteiger partial charge in [-0.05, 0) is 60.7 Å². The Kier molecular flexibility index (Phi) is 7.41. The molecule has 178 valence electrons. The van der Waals surface area contributed by atoms with E-state index in [0.717, 1.165) is 16.8 Å². The van der Waals surface area contributed by atoms with Gasteiger partial charge in [-0.15, -0.1) is 0 Å². The normalized spacial score (nSPS) is 16.6. The third-order valence-corrected chi connectivity index (χ3v) is 6.15. The minimum Gasteiger partial charge on any atom is -0.497 e. The van der Waals surface area contributed by atoms with Crippen molar-refractivity contribution in [3.63, 3.8) is 0 Å². The highest BCUT2D eigenvalue weighted by Gasteiger charge is 2.37. The smallest absolute Gasteiger partial charge is 0.270 e. The lowest BCUT2D eigenvalue weighted by molar-refractivity contribution is -0.130. The topological polar surface area (TPSA) is 100 Å². The minimum atomic E-state index is -0.798. The van der Waals surface area contributed by atoms with E-state index in [-0.39, 0.29) is 11.6 Å². The molecule has 2 N–H and O–H groups in total. The number of hydrazine groups is 1. The van der Waals surface area contributed by atoms with E-state index in [1.54, 1.807) is 61.7 Å². The lowest BCUT2D eigenvalue weighted by atomic mass is 10.2. The van der Waals surface area contributed by atoms with Gasteiger partial charge < -0.3 is 10.1 Å². The van der Waals surface area contributed by atoms with E-state index < -0.39 is 28.8 Å². The molecule has 4 rings (SSSR count).